The smallest absolute Gasteiger partial charge is 0.193 e. The van der Waals surface area contributed by atoms with Gasteiger partial charge in [-0.15, -0.1) is 0 Å². The molecule has 0 amide bonds. The van der Waals surface area contributed by atoms with Gasteiger partial charge in [-0.1, -0.05) is 24.3 Å². The molecule has 0 aromatic heterocycles. The molecule has 2 aromatic carbocycles. The van der Waals surface area contributed by atoms with Crippen molar-refractivity contribution in [3.63, 3.8) is 0 Å². The average molecular weight is 359 g/mol. The highest BCUT2D eigenvalue weighted by atomic mass is 16.3. The van der Waals surface area contributed by atoms with Gasteiger partial charge in [0.2, 0.25) is 0 Å². The number of anilines is 1. The molecule has 0 heterocycles. The van der Waals surface area contributed by atoms with E-state index in [2.05, 4.69) is 22.8 Å². The summed E-state index contributed by atoms with van der Waals surface area (Å²) in [4.78, 5) is 0. The Morgan fingerprint density at radius 1 is 0.963 bits per heavy atom. The van der Waals surface area contributed by atoms with E-state index in [0.717, 1.165) is 51.3 Å². The summed E-state index contributed by atoms with van der Waals surface area (Å²) in [6.07, 6.45) is 8.62. The summed E-state index contributed by atoms with van der Waals surface area (Å²) in [5.41, 5.74) is 2.67. The number of nitrogens with one attached hydrogen (secondary N) is 3. The largest absolute Gasteiger partial charge is 0.507 e. The van der Waals surface area contributed by atoms with Crippen LogP contribution in [0.3, 0.4) is 0 Å². The summed E-state index contributed by atoms with van der Waals surface area (Å²) >= 11 is 0. The van der Waals surface area contributed by atoms with Gasteiger partial charge in [0.1, 0.15) is 5.76 Å². The van der Waals surface area contributed by atoms with E-state index in [0.29, 0.717) is 12.0 Å². The van der Waals surface area contributed by atoms with Crippen molar-refractivity contribution < 1.29 is 5.11 Å². The highest BCUT2D eigenvalue weighted by Gasteiger charge is 2.48. The van der Waals surface area contributed by atoms with Crippen LogP contribution in [0.2, 0.25) is 0 Å². The molecule has 5 aliphatic carbocycles. The molecule has 4 bridgehead atoms. The van der Waals surface area contributed by atoms with Crippen molar-refractivity contribution in [3.05, 3.63) is 41.5 Å². The van der Waals surface area contributed by atoms with Gasteiger partial charge in [0.15, 0.2) is 5.96 Å². The number of aliphatic hydroxyl groups excluding tert-OH is 1. The lowest BCUT2D eigenvalue weighted by atomic mass is 9.54. The standard InChI is InChI=1S/C23H25N3O/c24-23(26-22-16-7-12-6-13(9-16)10-17(22)8-12)25-18-5-4-14-2-1-3-15-11-19(27)21(18)20(14)15/h1-5,11-13,16-17,22,27H,6-10H2,(H3,24,25,26). The highest BCUT2D eigenvalue weighted by Crippen LogP contribution is 2.53. The first-order valence-corrected chi connectivity index (χ1v) is 10.2. The molecule has 4 heteroatoms. The van der Waals surface area contributed by atoms with Gasteiger partial charge < -0.3 is 15.7 Å². The number of rotatable bonds is 2. The molecule has 0 unspecified atom stereocenters. The quantitative estimate of drug-likeness (QED) is 0.452. The molecule has 7 rings (SSSR count). The molecule has 2 aromatic rings. The lowest BCUT2D eigenvalue weighted by Gasteiger charge is -2.54. The Morgan fingerprint density at radius 3 is 2.44 bits per heavy atom. The highest BCUT2D eigenvalue weighted by molar-refractivity contribution is 6.12. The van der Waals surface area contributed by atoms with E-state index in [9.17, 15) is 5.11 Å². The summed E-state index contributed by atoms with van der Waals surface area (Å²) in [7, 11) is 0. The molecule has 4 nitrogen and oxygen atoms in total. The molecule has 138 valence electrons. The van der Waals surface area contributed by atoms with Gasteiger partial charge in [-0.3, -0.25) is 5.41 Å². The van der Waals surface area contributed by atoms with Gasteiger partial charge >= 0.3 is 0 Å². The lowest BCUT2D eigenvalue weighted by molar-refractivity contribution is -0.00695. The van der Waals surface area contributed by atoms with Crippen LogP contribution in [-0.2, 0) is 0 Å². The van der Waals surface area contributed by atoms with E-state index >= 15 is 0 Å². The Kier molecular flexibility index (Phi) is 3.17. The van der Waals surface area contributed by atoms with Crippen LogP contribution < -0.4 is 10.6 Å². The second-order valence-electron chi connectivity index (χ2n) is 9.06. The van der Waals surface area contributed by atoms with Gasteiger partial charge in [0, 0.05) is 17.0 Å². The molecular weight excluding hydrogens is 334 g/mol. The van der Waals surface area contributed by atoms with Crippen molar-refractivity contribution in [2.24, 2.45) is 23.7 Å². The van der Waals surface area contributed by atoms with Crippen LogP contribution in [0.1, 0.15) is 43.2 Å². The molecule has 4 fully saturated rings. The Labute approximate surface area is 159 Å². The van der Waals surface area contributed by atoms with Crippen LogP contribution in [0.5, 0.6) is 0 Å². The number of aliphatic hydroxyl groups is 1. The molecule has 5 aliphatic rings. The van der Waals surface area contributed by atoms with E-state index < -0.39 is 0 Å². The minimum atomic E-state index is 0.284. The maximum Gasteiger partial charge on any atom is 0.193 e. The van der Waals surface area contributed by atoms with Crippen LogP contribution in [0.25, 0.3) is 22.6 Å². The van der Waals surface area contributed by atoms with Gasteiger partial charge in [-0.2, -0.15) is 0 Å². The minimum absolute atomic E-state index is 0.284. The summed E-state index contributed by atoms with van der Waals surface area (Å²) in [5.74, 6) is 3.99. The molecule has 4 N–H and O–H groups in total. The van der Waals surface area contributed by atoms with Crippen LogP contribution in [0, 0.1) is 29.1 Å². The third-order valence-electron chi connectivity index (χ3n) is 7.42. The molecule has 0 aliphatic heterocycles. The number of hydrogen-bond donors (Lipinski definition) is 4. The normalized spacial score (nSPS) is 32.6. The third-order valence-corrected chi connectivity index (χ3v) is 7.42. The Balaban J connectivity index is 1.26. The first kappa shape index (κ1) is 15.6. The predicted octanol–water partition coefficient (Wildman–Crippen LogP) is 4.97. The van der Waals surface area contributed by atoms with E-state index in [-0.39, 0.29) is 5.76 Å². The molecule has 0 atom stereocenters. The maximum atomic E-state index is 10.5. The maximum absolute atomic E-state index is 10.5. The van der Waals surface area contributed by atoms with Gasteiger partial charge in [-0.05, 0) is 78.9 Å². The topological polar surface area (TPSA) is 68.1 Å². The van der Waals surface area contributed by atoms with Crippen LogP contribution in [0.4, 0.5) is 5.69 Å². The number of benzene rings is 2. The van der Waals surface area contributed by atoms with Gasteiger partial charge in [-0.25, -0.2) is 0 Å². The Bertz CT molecular complexity index is 965. The molecule has 27 heavy (non-hydrogen) atoms. The van der Waals surface area contributed by atoms with E-state index in [4.69, 9.17) is 5.41 Å². The first-order chi connectivity index (χ1) is 13.2. The third kappa shape index (κ3) is 2.32. The monoisotopic (exact) mass is 359 g/mol. The number of guanidine groups is 1. The summed E-state index contributed by atoms with van der Waals surface area (Å²) in [6.45, 7) is 0. The SMILES string of the molecule is N=C(Nc1ccc2cccc3c2c1C(O)=C3)NC1C2CC3CC(C2)CC1C3. The van der Waals surface area contributed by atoms with Gasteiger partial charge in [0.05, 0.1) is 5.69 Å². The lowest BCUT2D eigenvalue weighted by Crippen LogP contribution is -2.56. The fourth-order valence-electron chi connectivity index (χ4n) is 6.62. The zero-order chi connectivity index (χ0) is 18.1. The van der Waals surface area contributed by atoms with Crippen molar-refractivity contribution in [1.82, 2.24) is 5.32 Å². The van der Waals surface area contributed by atoms with E-state index in [1.807, 2.05) is 24.3 Å². The predicted molar refractivity (Wildman–Crippen MR) is 110 cm³/mol. The summed E-state index contributed by atoms with van der Waals surface area (Å²) < 4.78 is 0. The van der Waals surface area contributed by atoms with Crippen molar-refractivity contribution in [1.29, 1.82) is 5.41 Å². The van der Waals surface area contributed by atoms with Crippen molar-refractivity contribution >= 4 is 34.3 Å². The summed E-state index contributed by atoms with van der Waals surface area (Å²) in [6, 6.07) is 10.6. The van der Waals surface area contributed by atoms with Crippen LogP contribution >= 0.6 is 0 Å². The molecule has 0 spiro atoms. The Hall–Kier alpha value is -2.49. The molecular formula is C23H25N3O. The Morgan fingerprint density at radius 2 is 1.70 bits per heavy atom. The van der Waals surface area contributed by atoms with E-state index in [1.54, 1.807) is 0 Å². The zero-order valence-corrected chi connectivity index (χ0v) is 15.3. The van der Waals surface area contributed by atoms with Crippen molar-refractivity contribution in [2.75, 3.05) is 5.32 Å². The second kappa shape index (κ2) is 5.51. The molecule has 0 saturated heterocycles. The first-order valence-electron chi connectivity index (χ1n) is 10.2. The minimum Gasteiger partial charge on any atom is -0.507 e. The zero-order valence-electron chi connectivity index (χ0n) is 15.3. The van der Waals surface area contributed by atoms with E-state index in [1.165, 1.54) is 32.1 Å². The molecule has 4 saturated carbocycles. The van der Waals surface area contributed by atoms with Crippen LogP contribution in [-0.4, -0.2) is 17.1 Å². The fraction of sp³-hybridized carbons (Fsp3) is 0.435. The fourth-order valence-corrected chi connectivity index (χ4v) is 6.62. The number of hydrogen-bond acceptors (Lipinski definition) is 2. The van der Waals surface area contributed by atoms with Crippen molar-refractivity contribution in [3.8, 4) is 0 Å². The van der Waals surface area contributed by atoms with Crippen LogP contribution in [0.15, 0.2) is 30.3 Å². The molecule has 0 radical (unpaired) electrons. The second-order valence-corrected chi connectivity index (χ2v) is 9.06. The summed E-state index contributed by atoms with van der Waals surface area (Å²) in [5, 5.41) is 28.0. The van der Waals surface area contributed by atoms with Gasteiger partial charge in [0.25, 0.3) is 0 Å². The average Bonchev–Trinajstić information content (AvgIpc) is 2.98. The van der Waals surface area contributed by atoms with Crippen molar-refractivity contribution in [2.45, 2.75) is 38.1 Å².